The largest absolute Gasteiger partial charge is 0.473 e. The number of aromatic nitrogens is 2. The van der Waals surface area contributed by atoms with Crippen molar-refractivity contribution >= 4 is 0 Å². The first kappa shape index (κ1) is 12.6. The molecule has 0 spiro atoms. The van der Waals surface area contributed by atoms with Crippen LogP contribution in [0.5, 0.6) is 5.88 Å². The van der Waals surface area contributed by atoms with Gasteiger partial charge in [-0.1, -0.05) is 0 Å². The third-order valence-electron chi connectivity index (χ3n) is 5.45. The van der Waals surface area contributed by atoms with E-state index in [-0.39, 0.29) is 0 Å². The number of rotatable bonds is 4. The molecule has 0 amide bonds. The Labute approximate surface area is 120 Å². The summed E-state index contributed by atoms with van der Waals surface area (Å²) in [6.07, 6.45) is 7.39. The molecule has 0 saturated heterocycles. The fourth-order valence-corrected chi connectivity index (χ4v) is 4.89. The first-order valence-electron chi connectivity index (χ1n) is 7.95. The van der Waals surface area contributed by atoms with Crippen molar-refractivity contribution < 1.29 is 4.74 Å². The van der Waals surface area contributed by atoms with Crippen LogP contribution in [0.2, 0.25) is 0 Å². The second kappa shape index (κ2) is 4.99. The Hall–Kier alpha value is -1.16. The first-order valence-corrected chi connectivity index (χ1v) is 7.95. The third kappa shape index (κ3) is 2.20. The summed E-state index contributed by atoms with van der Waals surface area (Å²) >= 11 is 0. The van der Waals surface area contributed by atoms with Crippen molar-refractivity contribution in [3.63, 3.8) is 0 Å². The summed E-state index contributed by atoms with van der Waals surface area (Å²) in [5, 5.41) is 11.5. The van der Waals surface area contributed by atoms with Crippen LogP contribution in [0.1, 0.15) is 37.8 Å². The van der Waals surface area contributed by atoms with Crippen LogP contribution in [0, 0.1) is 23.7 Å². The van der Waals surface area contributed by atoms with Gasteiger partial charge in [0.05, 0.1) is 5.69 Å². The van der Waals surface area contributed by atoms with Crippen LogP contribution < -0.4 is 10.1 Å². The molecule has 4 aliphatic rings. The maximum atomic E-state index is 6.23. The zero-order valence-electron chi connectivity index (χ0n) is 12.1. The van der Waals surface area contributed by atoms with Gasteiger partial charge in [-0.15, -0.1) is 5.10 Å². The smallest absolute Gasteiger partial charge is 0.233 e. The van der Waals surface area contributed by atoms with Crippen LogP contribution in [0.25, 0.3) is 0 Å². The molecule has 4 aliphatic carbocycles. The van der Waals surface area contributed by atoms with E-state index in [9.17, 15) is 0 Å². The SMILES string of the molecule is CNCc1ccc(OC2C3CC4CC(C3)CC2C4)nn1. The summed E-state index contributed by atoms with van der Waals surface area (Å²) in [6, 6.07) is 3.99. The summed E-state index contributed by atoms with van der Waals surface area (Å²) in [7, 11) is 1.92. The standard InChI is InChI=1S/C16H23N3O/c1-17-9-14-2-3-15(19-18-14)20-16-12-5-10-4-11(7-12)8-13(16)6-10/h2-3,10-13,16-17H,4-9H2,1H3. The van der Waals surface area contributed by atoms with Crippen LogP contribution in [-0.4, -0.2) is 23.3 Å². The Balaban J connectivity index is 1.46. The molecule has 4 saturated carbocycles. The van der Waals surface area contributed by atoms with E-state index in [4.69, 9.17) is 4.74 Å². The van der Waals surface area contributed by atoms with E-state index < -0.39 is 0 Å². The zero-order valence-corrected chi connectivity index (χ0v) is 12.1. The zero-order chi connectivity index (χ0) is 13.5. The van der Waals surface area contributed by atoms with E-state index in [0.29, 0.717) is 12.0 Å². The molecule has 4 bridgehead atoms. The highest BCUT2D eigenvalue weighted by Gasteiger charge is 2.49. The minimum atomic E-state index is 0.396. The van der Waals surface area contributed by atoms with Crippen molar-refractivity contribution in [3.05, 3.63) is 17.8 Å². The Morgan fingerprint density at radius 2 is 1.75 bits per heavy atom. The van der Waals surface area contributed by atoms with Crippen LogP contribution >= 0.6 is 0 Å². The molecule has 1 aromatic rings. The average molecular weight is 273 g/mol. The van der Waals surface area contributed by atoms with Crippen molar-refractivity contribution in [2.75, 3.05) is 7.05 Å². The second-order valence-corrected chi connectivity index (χ2v) is 6.91. The van der Waals surface area contributed by atoms with Crippen LogP contribution in [0.3, 0.4) is 0 Å². The number of nitrogens with zero attached hydrogens (tertiary/aromatic N) is 2. The molecule has 0 aliphatic heterocycles. The van der Waals surface area contributed by atoms with Gasteiger partial charge in [-0.3, -0.25) is 0 Å². The fourth-order valence-electron chi connectivity index (χ4n) is 4.89. The molecular formula is C16H23N3O. The minimum Gasteiger partial charge on any atom is -0.473 e. The normalized spacial score (nSPS) is 38.1. The van der Waals surface area contributed by atoms with Gasteiger partial charge in [0.15, 0.2) is 0 Å². The van der Waals surface area contributed by atoms with Gasteiger partial charge in [0, 0.05) is 12.6 Å². The van der Waals surface area contributed by atoms with E-state index in [1.807, 2.05) is 19.2 Å². The molecule has 20 heavy (non-hydrogen) atoms. The van der Waals surface area contributed by atoms with Crippen LogP contribution in [-0.2, 0) is 6.54 Å². The predicted octanol–water partition coefficient (Wildman–Crippen LogP) is 2.40. The van der Waals surface area contributed by atoms with Crippen molar-refractivity contribution in [2.45, 2.75) is 44.8 Å². The molecule has 0 atom stereocenters. The van der Waals surface area contributed by atoms with Gasteiger partial charge < -0.3 is 10.1 Å². The Kier molecular flexibility index (Phi) is 3.14. The van der Waals surface area contributed by atoms with Gasteiger partial charge in [-0.2, -0.15) is 5.10 Å². The highest BCUT2D eigenvalue weighted by molar-refractivity contribution is 5.13. The Morgan fingerprint density at radius 3 is 2.30 bits per heavy atom. The van der Waals surface area contributed by atoms with E-state index in [1.54, 1.807) is 0 Å². The van der Waals surface area contributed by atoms with E-state index in [2.05, 4.69) is 15.5 Å². The topological polar surface area (TPSA) is 47.0 Å². The summed E-state index contributed by atoms with van der Waals surface area (Å²) in [5.74, 6) is 4.22. The number of nitrogens with one attached hydrogen (secondary N) is 1. The lowest BCUT2D eigenvalue weighted by Gasteiger charge is -2.53. The van der Waals surface area contributed by atoms with E-state index >= 15 is 0 Å². The molecule has 108 valence electrons. The molecular weight excluding hydrogens is 250 g/mol. The van der Waals surface area contributed by atoms with E-state index in [0.717, 1.165) is 35.9 Å². The Morgan fingerprint density at radius 1 is 1.05 bits per heavy atom. The Bertz CT molecular complexity index is 445. The first-order chi connectivity index (χ1) is 9.81. The van der Waals surface area contributed by atoms with Crippen molar-refractivity contribution in [1.29, 1.82) is 0 Å². The lowest BCUT2D eigenvalue weighted by Crippen LogP contribution is -2.50. The van der Waals surface area contributed by atoms with Crippen LogP contribution in [0.4, 0.5) is 0 Å². The number of ether oxygens (including phenoxy) is 1. The van der Waals surface area contributed by atoms with Gasteiger partial charge in [0.1, 0.15) is 6.10 Å². The van der Waals surface area contributed by atoms with Crippen molar-refractivity contribution in [2.24, 2.45) is 23.7 Å². The molecule has 1 aromatic heterocycles. The maximum absolute atomic E-state index is 6.23. The lowest BCUT2D eigenvalue weighted by atomic mass is 9.55. The predicted molar refractivity (Wildman–Crippen MR) is 76.3 cm³/mol. The molecule has 1 N–H and O–H groups in total. The molecule has 0 radical (unpaired) electrons. The molecule has 4 nitrogen and oxygen atoms in total. The molecule has 0 aromatic carbocycles. The fraction of sp³-hybridized carbons (Fsp3) is 0.750. The van der Waals surface area contributed by atoms with Gasteiger partial charge in [0.25, 0.3) is 0 Å². The maximum Gasteiger partial charge on any atom is 0.233 e. The van der Waals surface area contributed by atoms with Gasteiger partial charge in [-0.05, 0) is 68.9 Å². The average Bonchev–Trinajstić information content (AvgIpc) is 2.44. The molecule has 5 rings (SSSR count). The minimum absolute atomic E-state index is 0.396. The van der Waals surface area contributed by atoms with Gasteiger partial charge in [0.2, 0.25) is 5.88 Å². The summed E-state index contributed by atoms with van der Waals surface area (Å²) in [5.41, 5.74) is 0.963. The summed E-state index contributed by atoms with van der Waals surface area (Å²) < 4.78 is 6.23. The molecule has 4 fully saturated rings. The van der Waals surface area contributed by atoms with Crippen molar-refractivity contribution in [1.82, 2.24) is 15.5 Å². The molecule has 0 unspecified atom stereocenters. The van der Waals surface area contributed by atoms with Crippen LogP contribution in [0.15, 0.2) is 12.1 Å². The molecule has 4 heteroatoms. The molecule has 1 heterocycles. The lowest BCUT2D eigenvalue weighted by molar-refractivity contribution is -0.0808. The van der Waals surface area contributed by atoms with Gasteiger partial charge in [-0.25, -0.2) is 0 Å². The van der Waals surface area contributed by atoms with Gasteiger partial charge >= 0.3 is 0 Å². The summed E-state index contributed by atoms with van der Waals surface area (Å²) in [6.45, 7) is 0.755. The van der Waals surface area contributed by atoms with Crippen molar-refractivity contribution in [3.8, 4) is 5.88 Å². The highest BCUT2D eigenvalue weighted by Crippen LogP contribution is 2.54. The highest BCUT2D eigenvalue weighted by atomic mass is 16.5. The summed E-state index contributed by atoms with van der Waals surface area (Å²) in [4.78, 5) is 0. The quantitative estimate of drug-likeness (QED) is 0.915. The number of hydrogen-bond donors (Lipinski definition) is 1. The monoisotopic (exact) mass is 273 g/mol. The second-order valence-electron chi connectivity index (χ2n) is 6.91. The third-order valence-corrected chi connectivity index (χ3v) is 5.45. The van der Waals surface area contributed by atoms with E-state index in [1.165, 1.54) is 32.1 Å². The number of hydrogen-bond acceptors (Lipinski definition) is 4.